The van der Waals surface area contributed by atoms with Crippen LogP contribution in [0, 0.1) is 13.8 Å². The van der Waals surface area contributed by atoms with Crippen LogP contribution in [0.4, 0.5) is 0 Å². The average Bonchev–Trinajstić information content (AvgIpc) is 3.47. The van der Waals surface area contributed by atoms with Crippen molar-refractivity contribution in [2.45, 2.75) is 33.4 Å². The minimum atomic E-state index is -3.88. The van der Waals surface area contributed by atoms with Crippen molar-refractivity contribution in [3.05, 3.63) is 185 Å². The van der Waals surface area contributed by atoms with Crippen LogP contribution < -0.4 is 15.2 Å². The molecule has 0 atom stereocenters. The third-order valence-electron chi connectivity index (χ3n) is 9.74. The molecule has 0 saturated heterocycles. The molecule has 0 unspecified atom stereocenters. The molecule has 0 radical (unpaired) electrons. The van der Waals surface area contributed by atoms with Gasteiger partial charge in [-0.1, -0.05) is 53.6 Å². The van der Waals surface area contributed by atoms with E-state index < -0.39 is 19.7 Å². The first-order chi connectivity index (χ1) is 27.4. The van der Waals surface area contributed by atoms with E-state index in [1.54, 1.807) is 101 Å². The molecule has 0 aliphatic rings. The van der Waals surface area contributed by atoms with E-state index in [0.29, 0.717) is 34.2 Å². The van der Waals surface area contributed by atoms with E-state index in [1.807, 2.05) is 56.3 Å². The highest BCUT2D eigenvalue weighted by Gasteiger charge is 2.20. The maximum atomic E-state index is 13.6. The lowest BCUT2D eigenvalue weighted by Crippen LogP contribution is -2.20. The standard InChI is InChI=1S/C46H36N2O7S2/c1-31-4-8-33(9-5-31)34-10-29-44-45(30-34)48(46(49)47(44)3)35-11-23-41(24-12-35)57(52,53)43-27-19-39(20-28-43)55-37-15-13-36(14-16-37)54-38-17-25-42(26-18-38)56(50,51)40-21-6-32(2)7-22-40/h4-30H,1-3H3. The highest BCUT2D eigenvalue weighted by atomic mass is 32.2. The maximum Gasteiger partial charge on any atom is 0.333 e. The first kappa shape index (κ1) is 37.2. The van der Waals surface area contributed by atoms with Gasteiger partial charge in [0.05, 0.1) is 36.3 Å². The highest BCUT2D eigenvalue weighted by molar-refractivity contribution is 7.91. The molecule has 0 aliphatic heterocycles. The summed E-state index contributed by atoms with van der Waals surface area (Å²) in [5.74, 6) is 1.92. The van der Waals surface area contributed by atoms with Gasteiger partial charge in [-0.2, -0.15) is 0 Å². The number of fused-ring (bicyclic) bond motifs is 1. The fourth-order valence-electron chi connectivity index (χ4n) is 6.50. The van der Waals surface area contributed by atoms with Gasteiger partial charge in [-0.05, 0) is 146 Å². The second-order valence-corrected chi connectivity index (χ2v) is 17.6. The zero-order valence-corrected chi connectivity index (χ0v) is 32.8. The third kappa shape index (κ3) is 7.38. The molecule has 0 amide bonds. The average molecular weight is 793 g/mol. The van der Waals surface area contributed by atoms with Crippen LogP contribution in [0.1, 0.15) is 11.1 Å². The molecule has 1 aromatic heterocycles. The predicted molar refractivity (Wildman–Crippen MR) is 220 cm³/mol. The zero-order chi connectivity index (χ0) is 39.9. The molecular weight excluding hydrogens is 757 g/mol. The molecule has 9 nitrogen and oxygen atoms in total. The Morgan fingerprint density at radius 1 is 0.421 bits per heavy atom. The van der Waals surface area contributed by atoms with E-state index in [1.165, 1.54) is 36.4 Å². The summed E-state index contributed by atoms with van der Waals surface area (Å²) >= 11 is 0. The van der Waals surface area contributed by atoms with Crippen LogP contribution in [0.25, 0.3) is 27.8 Å². The van der Waals surface area contributed by atoms with Gasteiger partial charge in [-0.3, -0.25) is 9.13 Å². The predicted octanol–water partition coefficient (Wildman–Crippen LogP) is 9.86. The van der Waals surface area contributed by atoms with Crippen molar-refractivity contribution < 1.29 is 26.3 Å². The van der Waals surface area contributed by atoms with Crippen LogP contribution in [0.15, 0.2) is 188 Å². The summed E-state index contributed by atoms with van der Waals surface area (Å²) in [6, 6.07) is 46.3. The number of aromatic nitrogens is 2. The van der Waals surface area contributed by atoms with Crippen molar-refractivity contribution in [1.82, 2.24) is 9.13 Å². The summed E-state index contributed by atoms with van der Waals surface area (Å²) < 4.78 is 68.3. The van der Waals surface area contributed by atoms with Crippen molar-refractivity contribution in [2.75, 3.05) is 0 Å². The Morgan fingerprint density at radius 3 is 1.21 bits per heavy atom. The Balaban J connectivity index is 0.935. The Bertz CT molecular complexity index is 3030. The van der Waals surface area contributed by atoms with E-state index in [-0.39, 0.29) is 25.3 Å². The Labute approximate surface area is 330 Å². The lowest BCUT2D eigenvalue weighted by Gasteiger charge is -2.10. The van der Waals surface area contributed by atoms with Crippen LogP contribution >= 0.6 is 0 Å². The molecule has 0 saturated carbocycles. The molecule has 11 heteroatoms. The van der Waals surface area contributed by atoms with Crippen molar-refractivity contribution in [2.24, 2.45) is 7.05 Å². The normalized spacial score (nSPS) is 11.8. The topological polar surface area (TPSA) is 114 Å². The van der Waals surface area contributed by atoms with Crippen LogP contribution in [-0.2, 0) is 26.7 Å². The molecule has 0 fully saturated rings. The van der Waals surface area contributed by atoms with E-state index in [2.05, 4.69) is 0 Å². The lowest BCUT2D eigenvalue weighted by molar-refractivity contribution is 0.469. The molecule has 0 N–H and O–H groups in total. The SMILES string of the molecule is Cc1ccc(-c2ccc3c(c2)n(-c2ccc(S(=O)(=O)c4ccc(Oc5ccc(Oc6ccc(S(=O)(=O)c7ccc(C)cc7)cc6)cc5)cc4)cc2)c(=O)n3C)cc1. The van der Waals surface area contributed by atoms with E-state index >= 15 is 0 Å². The molecule has 0 spiro atoms. The van der Waals surface area contributed by atoms with Crippen molar-refractivity contribution in [1.29, 1.82) is 0 Å². The Kier molecular flexibility index (Phi) is 9.64. The number of ether oxygens (including phenoxy) is 2. The van der Waals surface area contributed by atoms with E-state index in [9.17, 15) is 21.6 Å². The van der Waals surface area contributed by atoms with Gasteiger partial charge in [-0.25, -0.2) is 21.6 Å². The van der Waals surface area contributed by atoms with Crippen molar-refractivity contribution in [3.63, 3.8) is 0 Å². The van der Waals surface area contributed by atoms with Crippen LogP contribution in [0.3, 0.4) is 0 Å². The van der Waals surface area contributed by atoms with Gasteiger partial charge in [0.2, 0.25) is 19.7 Å². The van der Waals surface area contributed by atoms with Gasteiger partial charge in [0.25, 0.3) is 0 Å². The summed E-state index contributed by atoms with van der Waals surface area (Å²) in [6.45, 7) is 3.93. The summed E-state index contributed by atoms with van der Waals surface area (Å²) in [7, 11) is -5.81. The van der Waals surface area contributed by atoms with Gasteiger partial charge < -0.3 is 9.47 Å². The van der Waals surface area contributed by atoms with Crippen molar-refractivity contribution in [3.8, 4) is 39.8 Å². The fourth-order valence-corrected chi connectivity index (χ4v) is 9.02. The summed E-state index contributed by atoms with van der Waals surface area (Å²) in [5.41, 5.74) is 5.92. The highest BCUT2D eigenvalue weighted by Crippen LogP contribution is 2.31. The molecule has 7 aromatic carbocycles. The maximum absolute atomic E-state index is 13.6. The third-order valence-corrected chi connectivity index (χ3v) is 13.3. The Hall–Kier alpha value is -6.69. The monoisotopic (exact) mass is 792 g/mol. The number of nitrogens with zero attached hydrogens (tertiary/aromatic N) is 2. The smallest absolute Gasteiger partial charge is 0.333 e. The number of hydrogen-bond donors (Lipinski definition) is 0. The molecule has 0 bridgehead atoms. The second-order valence-electron chi connectivity index (χ2n) is 13.7. The van der Waals surface area contributed by atoms with Crippen LogP contribution in [-0.4, -0.2) is 26.0 Å². The van der Waals surface area contributed by atoms with Crippen molar-refractivity contribution >= 4 is 30.7 Å². The number of rotatable bonds is 10. The number of benzene rings is 7. The lowest BCUT2D eigenvalue weighted by atomic mass is 10.0. The summed E-state index contributed by atoms with van der Waals surface area (Å²) in [6.07, 6.45) is 0. The first-order valence-corrected chi connectivity index (χ1v) is 21.0. The summed E-state index contributed by atoms with van der Waals surface area (Å²) in [4.78, 5) is 14.0. The van der Waals surface area contributed by atoms with Gasteiger partial charge in [-0.15, -0.1) is 0 Å². The van der Waals surface area contributed by atoms with Crippen LogP contribution in [0.5, 0.6) is 23.0 Å². The first-order valence-electron chi connectivity index (χ1n) is 18.0. The van der Waals surface area contributed by atoms with Gasteiger partial charge in [0, 0.05) is 7.05 Å². The van der Waals surface area contributed by atoms with Gasteiger partial charge in [0.1, 0.15) is 23.0 Å². The van der Waals surface area contributed by atoms with Gasteiger partial charge >= 0.3 is 5.69 Å². The number of aryl methyl sites for hydroxylation is 3. The number of imidazole rings is 1. The molecule has 284 valence electrons. The van der Waals surface area contributed by atoms with E-state index in [4.69, 9.17) is 9.47 Å². The minimum absolute atomic E-state index is 0.0895. The molecule has 0 aliphatic carbocycles. The molecule has 8 aromatic rings. The molecule has 57 heavy (non-hydrogen) atoms. The largest absolute Gasteiger partial charge is 0.457 e. The Morgan fingerprint density at radius 2 is 0.772 bits per heavy atom. The minimum Gasteiger partial charge on any atom is -0.457 e. The fraction of sp³-hybridized carbons (Fsp3) is 0.0652. The number of sulfone groups is 2. The molecular formula is C46H36N2O7S2. The molecule has 8 rings (SSSR count). The zero-order valence-electron chi connectivity index (χ0n) is 31.2. The van der Waals surface area contributed by atoms with Crippen LogP contribution in [0.2, 0.25) is 0 Å². The second kappa shape index (κ2) is 14.8. The van der Waals surface area contributed by atoms with E-state index in [0.717, 1.165) is 27.8 Å². The number of hydrogen-bond acceptors (Lipinski definition) is 7. The quantitative estimate of drug-likeness (QED) is 0.136. The van der Waals surface area contributed by atoms with Gasteiger partial charge in [0.15, 0.2) is 0 Å². The molecule has 1 heterocycles. The summed E-state index contributed by atoms with van der Waals surface area (Å²) in [5, 5.41) is 0.